The minimum absolute atomic E-state index is 0.141. The van der Waals surface area contributed by atoms with Gasteiger partial charge in [0.05, 0.1) is 34.6 Å². The molecule has 0 radical (unpaired) electrons. The molecule has 0 saturated heterocycles. The molecule has 10 heteroatoms. The number of para-hydroxylation sites is 1. The molecule has 6 rings (SSSR count). The molecule has 3 heterocycles. The average Bonchev–Trinajstić information content (AvgIpc) is 3.46. The molecule has 2 aromatic heterocycles. The minimum atomic E-state index is -3.79. The van der Waals surface area contributed by atoms with Gasteiger partial charge in [0.1, 0.15) is 11.3 Å². The maximum absolute atomic E-state index is 14.0. The first-order valence-electron chi connectivity index (χ1n) is 13.2. The molecule has 1 aliphatic rings. The summed E-state index contributed by atoms with van der Waals surface area (Å²) in [5.74, 6) is 0.325. The number of aryl methyl sites for hydroxylation is 2. The van der Waals surface area contributed by atoms with Gasteiger partial charge in [-0.1, -0.05) is 41.7 Å². The molecular weight excluding hydrogens is 556 g/mol. The number of rotatable bonds is 7. The van der Waals surface area contributed by atoms with Crippen LogP contribution in [0.3, 0.4) is 0 Å². The van der Waals surface area contributed by atoms with E-state index in [-0.39, 0.29) is 17.3 Å². The molecule has 0 aliphatic carbocycles. The number of anilines is 2. The van der Waals surface area contributed by atoms with E-state index in [0.717, 1.165) is 28.7 Å². The summed E-state index contributed by atoms with van der Waals surface area (Å²) in [6, 6.07) is 23.1. The monoisotopic (exact) mass is 584 g/mol. The van der Waals surface area contributed by atoms with E-state index >= 15 is 0 Å². The summed E-state index contributed by atoms with van der Waals surface area (Å²) >= 11 is 1.41. The van der Waals surface area contributed by atoms with E-state index in [1.54, 1.807) is 30.3 Å². The van der Waals surface area contributed by atoms with Gasteiger partial charge < -0.3 is 4.74 Å². The number of amides is 1. The second-order valence-electron chi connectivity index (χ2n) is 9.81. The van der Waals surface area contributed by atoms with Crippen molar-refractivity contribution in [3.8, 4) is 5.75 Å². The fourth-order valence-corrected chi connectivity index (χ4v) is 7.65. The van der Waals surface area contributed by atoms with Crippen LogP contribution >= 0.6 is 11.3 Å². The Bertz CT molecular complexity index is 1840. The molecular formula is C31H28N4O4S2. The van der Waals surface area contributed by atoms with Gasteiger partial charge in [-0.25, -0.2) is 13.4 Å². The Morgan fingerprint density at radius 2 is 1.80 bits per heavy atom. The Hall–Kier alpha value is -4.28. The lowest BCUT2D eigenvalue weighted by Crippen LogP contribution is -2.35. The molecule has 5 aromatic rings. The first-order valence-corrected chi connectivity index (χ1v) is 15.5. The number of aromatic nitrogens is 2. The molecule has 8 nitrogen and oxygen atoms in total. The van der Waals surface area contributed by atoms with E-state index in [0.29, 0.717) is 39.9 Å². The Kier molecular flexibility index (Phi) is 7.19. The van der Waals surface area contributed by atoms with Crippen molar-refractivity contribution in [2.45, 2.75) is 31.2 Å². The third-order valence-electron chi connectivity index (χ3n) is 7.19. The SMILES string of the molecule is COc1ccc(C)c2sc(N(Cc3ccccn3)C(=O)c3ccc(S(=O)(=O)N4CCCc5ccccc54)cc3)nc12. The van der Waals surface area contributed by atoms with Crippen molar-refractivity contribution in [3.63, 3.8) is 0 Å². The van der Waals surface area contributed by atoms with Gasteiger partial charge in [-0.3, -0.25) is 19.0 Å². The number of sulfonamides is 1. The fraction of sp³-hybridized carbons (Fsp3) is 0.194. The Labute approximate surface area is 242 Å². The molecule has 0 unspecified atom stereocenters. The van der Waals surface area contributed by atoms with Crippen LogP contribution in [-0.2, 0) is 23.0 Å². The van der Waals surface area contributed by atoms with Crippen molar-refractivity contribution >= 4 is 48.3 Å². The van der Waals surface area contributed by atoms with Crippen LogP contribution in [0.4, 0.5) is 10.8 Å². The van der Waals surface area contributed by atoms with Crippen molar-refractivity contribution in [1.29, 1.82) is 0 Å². The van der Waals surface area contributed by atoms with E-state index in [4.69, 9.17) is 9.72 Å². The number of pyridine rings is 1. The standard InChI is InChI=1S/C31H28N4O4S2/c1-21-12-17-27(39-2)28-29(21)40-31(33-28)34(20-24-10-5-6-18-32-24)30(36)23-13-15-25(16-14-23)41(37,38)35-19-7-9-22-8-3-4-11-26(22)35/h3-6,8,10-18H,7,9,19-20H2,1-2H3. The predicted molar refractivity (Wildman–Crippen MR) is 161 cm³/mol. The number of carbonyl (C=O) groups is 1. The van der Waals surface area contributed by atoms with Crippen molar-refractivity contribution < 1.29 is 17.9 Å². The molecule has 1 amide bonds. The van der Waals surface area contributed by atoms with E-state index in [2.05, 4.69) is 4.98 Å². The van der Waals surface area contributed by atoms with Gasteiger partial charge in [0.15, 0.2) is 5.13 Å². The molecule has 3 aromatic carbocycles. The number of carbonyl (C=O) groups excluding carboxylic acids is 1. The highest BCUT2D eigenvalue weighted by Crippen LogP contribution is 2.37. The first kappa shape index (κ1) is 26.9. The van der Waals surface area contributed by atoms with Crippen LogP contribution in [0.5, 0.6) is 5.75 Å². The van der Waals surface area contributed by atoms with Crippen LogP contribution in [0.25, 0.3) is 10.2 Å². The van der Waals surface area contributed by atoms with Crippen LogP contribution in [0.1, 0.15) is 33.6 Å². The quantitative estimate of drug-likeness (QED) is 0.233. The van der Waals surface area contributed by atoms with E-state index in [9.17, 15) is 13.2 Å². The largest absolute Gasteiger partial charge is 0.494 e. The van der Waals surface area contributed by atoms with Gasteiger partial charge in [0, 0.05) is 18.3 Å². The van der Waals surface area contributed by atoms with Gasteiger partial charge in [-0.05, 0) is 79.4 Å². The molecule has 41 heavy (non-hydrogen) atoms. The van der Waals surface area contributed by atoms with Crippen molar-refractivity contribution in [2.75, 3.05) is 22.9 Å². The lowest BCUT2D eigenvalue weighted by molar-refractivity contribution is 0.0984. The number of methoxy groups -OCH3 is 1. The predicted octanol–water partition coefficient (Wildman–Crippen LogP) is 6.00. The Balaban J connectivity index is 1.35. The molecule has 1 aliphatic heterocycles. The molecule has 0 fully saturated rings. The third-order valence-corrected chi connectivity index (χ3v) is 10.2. The van der Waals surface area contributed by atoms with Crippen molar-refractivity contribution in [3.05, 3.63) is 107 Å². The number of ether oxygens (including phenoxy) is 1. The maximum atomic E-state index is 14.0. The molecule has 208 valence electrons. The zero-order valence-corrected chi connectivity index (χ0v) is 24.3. The van der Waals surface area contributed by atoms with Gasteiger partial charge in [-0.15, -0.1) is 0 Å². The highest BCUT2D eigenvalue weighted by molar-refractivity contribution is 7.92. The second-order valence-corrected chi connectivity index (χ2v) is 12.6. The molecule has 0 saturated carbocycles. The number of hydrogen-bond acceptors (Lipinski definition) is 7. The topological polar surface area (TPSA) is 92.7 Å². The highest BCUT2D eigenvalue weighted by atomic mass is 32.2. The molecule has 0 spiro atoms. The Morgan fingerprint density at radius 1 is 1.02 bits per heavy atom. The summed E-state index contributed by atoms with van der Waals surface area (Å²) < 4.78 is 35.2. The number of nitrogens with zero attached hydrogens (tertiary/aromatic N) is 4. The van der Waals surface area contributed by atoms with E-state index < -0.39 is 10.0 Å². The summed E-state index contributed by atoms with van der Waals surface area (Å²) in [4.78, 5) is 24.9. The van der Waals surface area contributed by atoms with Crippen LogP contribution in [0, 0.1) is 6.92 Å². The summed E-state index contributed by atoms with van der Waals surface area (Å²) in [5.41, 5.74) is 4.50. The van der Waals surface area contributed by atoms with Crippen LogP contribution in [0.2, 0.25) is 0 Å². The van der Waals surface area contributed by atoms with Crippen LogP contribution in [-0.4, -0.2) is 37.9 Å². The normalized spacial score (nSPS) is 13.2. The smallest absolute Gasteiger partial charge is 0.264 e. The van der Waals surface area contributed by atoms with Crippen LogP contribution < -0.4 is 13.9 Å². The number of fused-ring (bicyclic) bond motifs is 2. The number of hydrogen-bond donors (Lipinski definition) is 0. The first-order chi connectivity index (χ1) is 19.9. The summed E-state index contributed by atoms with van der Waals surface area (Å²) in [6.07, 6.45) is 3.28. The molecule has 0 bridgehead atoms. The number of thiazole rings is 1. The average molecular weight is 585 g/mol. The zero-order chi connectivity index (χ0) is 28.6. The van der Waals surface area contributed by atoms with Crippen molar-refractivity contribution in [1.82, 2.24) is 9.97 Å². The van der Waals surface area contributed by atoms with Gasteiger partial charge in [0.2, 0.25) is 0 Å². The highest BCUT2D eigenvalue weighted by Gasteiger charge is 2.30. The Morgan fingerprint density at radius 3 is 2.56 bits per heavy atom. The van der Waals surface area contributed by atoms with Gasteiger partial charge in [0.25, 0.3) is 15.9 Å². The van der Waals surface area contributed by atoms with Crippen LogP contribution in [0.15, 0.2) is 90.0 Å². The molecule has 0 N–H and O–H groups in total. The summed E-state index contributed by atoms with van der Waals surface area (Å²) in [5, 5.41) is 0.505. The van der Waals surface area contributed by atoms with Crippen molar-refractivity contribution in [2.24, 2.45) is 0 Å². The van der Waals surface area contributed by atoms with E-state index in [1.807, 2.05) is 61.5 Å². The zero-order valence-electron chi connectivity index (χ0n) is 22.6. The lowest BCUT2D eigenvalue weighted by atomic mass is 10.0. The minimum Gasteiger partial charge on any atom is -0.494 e. The van der Waals surface area contributed by atoms with Gasteiger partial charge in [-0.2, -0.15) is 0 Å². The lowest BCUT2D eigenvalue weighted by Gasteiger charge is -2.30. The number of benzene rings is 3. The molecule has 0 atom stereocenters. The third kappa shape index (κ3) is 5.05. The second kappa shape index (κ2) is 10.9. The van der Waals surface area contributed by atoms with Gasteiger partial charge >= 0.3 is 0 Å². The van der Waals surface area contributed by atoms with E-state index in [1.165, 1.54) is 27.8 Å². The summed E-state index contributed by atoms with van der Waals surface area (Å²) in [6.45, 7) is 2.61. The maximum Gasteiger partial charge on any atom is 0.264 e. The fourth-order valence-electron chi connectivity index (χ4n) is 5.06. The summed E-state index contributed by atoms with van der Waals surface area (Å²) in [7, 11) is -2.20.